The summed E-state index contributed by atoms with van der Waals surface area (Å²) in [5, 5.41) is 10.6. The predicted molar refractivity (Wildman–Crippen MR) is 109 cm³/mol. The second kappa shape index (κ2) is 8.63. The number of aromatic nitrogens is 2. The van der Waals surface area contributed by atoms with E-state index < -0.39 is 0 Å². The summed E-state index contributed by atoms with van der Waals surface area (Å²) in [5.74, 6) is 3.59. The van der Waals surface area contributed by atoms with Crippen molar-refractivity contribution in [2.75, 3.05) is 13.7 Å². The van der Waals surface area contributed by atoms with Gasteiger partial charge in [-0.1, -0.05) is 38.1 Å². The molecule has 28 heavy (non-hydrogen) atoms. The molecule has 1 aromatic carbocycles. The van der Waals surface area contributed by atoms with E-state index in [0.717, 1.165) is 23.8 Å². The number of aryl methyl sites for hydroxylation is 1. The van der Waals surface area contributed by atoms with Crippen molar-refractivity contribution in [1.29, 1.82) is 0 Å². The molecule has 1 fully saturated rings. The second-order valence-electron chi connectivity index (χ2n) is 8.41. The average molecular weight is 386 g/mol. The maximum atomic E-state index is 6.04. The lowest BCUT2D eigenvalue weighted by molar-refractivity contribution is 0.296. The summed E-state index contributed by atoms with van der Waals surface area (Å²) in [7, 11) is 1.74. The van der Waals surface area contributed by atoms with Crippen molar-refractivity contribution in [3.05, 3.63) is 41.0 Å². The second-order valence-corrected chi connectivity index (χ2v) is 8.41. The zero-order valence-corrected chi connectivity index (χ0v) is 17.5. The van der Waals surface area contributed by atoms with Gasteiger partial charge in [0.1, 0.15) is 5.75 Å². The molecule has 1 saturated carbocycles. The molecule has 2 N–H and O–H groups in total. The van der Waals surface area contributed by atoms with E-state index in [2.05, 4.69) is 50.9 Å². The number of ether oxygens (including phenoxy) is 1. The number of hydrogen-bond donors (Lipinski definition) is 2. The van der Waals surface area contributed by atoms with E-state index in [1.165, 1.54) is 18.4 Å². The molecule has 1 aliphatic carbocycles. The fourth-order valence-corrected chi connectivity index (χ4v) is 2.63. The lowest BCUT2D eigenvalue weighted by Gasteiger charge is -2.15. The summed E-state index contributed by atoms with van der Waals surface area (Å²) in [6.07, 6.45) is 2.56. The lowest BCUT2D eigenvalue weighted by atomic mass is 9.97. The predicted octanol–water partition coefficient (Wildman–Crippen LogP) is 3.33. The van der Waals surface area contributed by atoms with E-state index in [1.54, 1.807) is 7.05 Å². The Bertz CT molecular complexity index is 818. The van der Waals surface area contributed by atoms with Crippen LogP contribution in [0, 0.1) is 12.8 Å². The third-order valence-electron chi connectivity index (χ3n) is 4.59. The summed E-state index contributed by atoms with van der Waals surface area (Å²) in [5.41, 5.74) is 2.15. The topological polar surface area (TPSA) is 84.6 Å². The number of hydrogen-bond acceptors (Lipinski definition) is 5. The van der Waals surface area contributed by atoms with Crippen molar-refractivity contribution in [2.24, 2.45) is 10.9 Å². The number of rotatable bonds is 7. The first-order chi connectivity index (χ1) is 13.3. The van der Waals surface area contributed by atoms with Crippen molar-refractivity contribution in [3.8, 4) is 5.75 Å². The smallest absolute Gasteiger partial charge is 0.232 e. The highest BCUT2D eigenvalue weighted by Crippen LogP contribution is 2.30. The van der Waals surface area contributed by atoms with Crippen LogP contribution in [-0.2, 0) is 18.5 Å². The monoisotopic (exact) mass is 385 g/mol. The first kappa shape index (κ1) is 20.2. The third kappa shape index (κ3) is 5.71. The number of nitrogens with one attached hydrogen (secondary N) is 2. The van der Waals surface area contributed by atoms with Gasteiger partial charge in [-0.3, -0.25) is 4.99 Å². The van der Waals surface area contributed by atoms with Gasteiger partial charge in [-0.2, -0.15) is 4.98 Å². The highest BCUT2D eigenvalue weighted by atomic mass is 16.5. The van der Waals surface area contributed by atoms with E-state index in [4.69, 9.17) is 9.26 Å². The molecule has 3 rings (SSSR count). The zero-order chi connectivity index (χ0) is 20.1. The molecule has 1 aliphatic rings. The van der Waals surface area contributed by atoms with Crippen LogP contribution in [0.25, 0.3) is 0 Å². The molecule has 0 saturated heterocycles. The highest BCUT2D eigenvalue weighted by Gasteiger charge is 2.23. The Morgan fingerprint density at radius 2 is 2.00 bits per heavy atom. The molecular formula is C21H31N5O2. The number of benzene rings is 1. The fourth-order valence-electron chi connectivity index (χ4n) is 2.63. The molecule has 152 valence electrons. The van der Waals surface area contributed by atoms with Crippen LogP contribution in [0.3, 0.4) is 0 Å². The minimum Gasteiger partial charge on any atom is -0.493 e. The molecule has 0 spiro atoms. The quantitative estimate of drug-likeness (QED) is 0.562. The summed E-state index contributed by atoms with van der Waals surface area (Å²) < 4.78 is 11.4. The van der Waals surface area contributed by atoms with E-state index in [9.17, 15) is 0 Å². The van der Waals surface area contributed by atoms with Crippen LogP contribution >= 0.6 is 0 Å². The largest absolute Gasteiger partial charge is 0.493 e. The Kier molecular flexibility index (Phi) is 6.21. The van der Waals surface area contributed by atoms with Gasteiger partial charge in [-0.15, -0.1) is 0 Å². The van der Waals surface area contributed by atoms with Gasteiger partial charge in [0.2, 0.25) is 5.89 Å². The normalized spacial score (nSPS) is 14.8. The van der Waals surface area contributed by atoms with Gasteiger partial charge < -0.3 is 19.9 Å². The first-order valence-corrected chi connectivity index (χ1v) is 9.85. The minimum atomic E-state index is -0.159. The van der Waals surface area contributed by atoms with Gasteiger partial charge in [0.25, 0.3) is 0 Å². The minimum absolute atomic E-state index is 0.159. The first-order valence-electron chi connectivity index (χ1n) is 9.85. The van der Waals surface area contributed by atoms with Crippen LogP contribution in [0.1, 0.15) is 56.5 Å². The van der Waals surface area contributed by atoms with E-state index in [1.807, 2.05) is 20.8 Å². The van der Waals surface area contributed by atoms with Crippen LogP contribution in [0.2, 0.25) is 0 Å². The SMILES string of the molecule is CN=C(NCc1noc(C(C)(C)C)n1)NCc1ccc(C)cc1OCC1CC1. The Morgan fingerprint density at radius 3 is 2.64 bits per heavy atom. The van der Waals surface area contributed by atoms with Gasteiger partial charge in [0.05, 0.1) is 13.2 Å². The summed E-state index contributed by atoms with van der Waals surface area (Å²) in [6.45, 7) is 10.1. The molecule has 0 radical (unpaired) electrons. The molecule has 1 aromatic heterocycles. The van der Waals surface area contributed by atoms with E-state index in [-0.39, 0.29) is 5.41 Å². The summed E-state index contributed by atoms with van der Waals surface area (Å²) in [6, 6.07) is 6.31. The maximum Gasteiger partial charge on any atom is 0.232 e. The Hall–Kier alpha value is -2.57. The van der Waals surface area contributed by atoms with Crippen molar-refractivity contribution < 1.29 is 9.26 Å². The molecule has 0 aliphatic heterocycles. The molecule has 2 aromatic rings. The number of guanidine groups is 1. The van der Waals surface area contributed by atoms with Crippen molar-refractivity contribution >= 4 is 5.96 Å². The molecular weight excluding hydrogens is 354 g/mol. The van der Waals surface area contributed by atoms with Crippen LogP contribution in [0.4, 0.5) is 0 Å². The van der Waals surface area contributed by atoms with Gasteiger partial charge in [-0.05, 0) is 37.3 Å². The Labute approximate surface area is 167 Å². The molecule has 0 bridgehead atoms. The molecule has 0 amide bonds. The Morgan fingerprint density at radius 1 is 1.25 bits per heavy atom. The van der Waals surface area contributed by atoms with Crippen LogP contribution in [-0.4, -0.2) is 29.8 Å². The number of nitrogens with zero attached hydrogens (tertiary/aromatic N) is 3. The van der Waals surface area contributed by atoms with Crippen LogP contribution in [0.15, 0.2) is 27.7 Å². The van der Waals surface area contributed by atoms with E-state index >= 15 is 0 Å². The number of aliphatic imine (C=N–C) groups is 1. The average Bonchev–Trinajstić information content (AvgIpc) is 3.35. The Balaban J connectivity index is 1.54. The summed E-state index contributed by atoms with van der Waals surface area (Å²) in [4.78, 5) is 8.71. The maximum absolute atomic E-state index is 6.04. The standard InChI is InChI=1S/C21H31N5O2/c1-14-6-9-16(17(10-14)27-13-15-7-8-15)11-23-20(22-5)24-12-18-25-19(28-26-18)21(2,3)4/h6,9-10,15H,7-8,11-13H2,1-5H3,(H2,22,23,24). The van der Waals surface area contributed by atoms with Crippen LogP contribution in [0.5, 0.6) is 5.75 Å². The molecule has 7 nitrogen and oxygen atoms in total. The third-order valence-corrected chi connectivity index (χ3v) is 4.59. The molecule has 0 atom stereocenters. The molecule has 7 heteroatoms. The fraction of sp³-hybridized carbons (Fsp3) is 0.571. The highest BCUT2D eigenvalue weighted by molar-refractivity contribution is 5.79. The van der Waals surface area contributed by atoms with Crippen molar-refractivity contribution in [1.82, 2.24) is 20.8 Å². The van der Waals surface area contributed by atoms with E-state index in [0.29, 0.717) is 30.8 Å². The van der Waals surface area contributed by atoms with Gasteiger partial charge in [0.15, 0.2) is 11.8 Å². The van der Waals surface area contributed by atoms with Gasteiger partial charge in [-0.25, -0.2) is 0 Å². The lowest BCUT2D eigenvalue weighted by Crippen LogP contribution is -2.36. The van der Waals surface area contributed by atoms with Crippen LogP contribution < -0.4 is 15.4 Å². The van der Waals surface area contributed by atoms with Gasteiger partial charge in [0, 0.05) is 24.6 Å². The van der Waals surface area contributed by atoms with Gasteiger partial charge >= 0.3 is 0 Å². The molecule has 0 unspecified atom stereocenters. The zero-order valence-electron chi connectivity index (χ0n) is 17.5. The summed E-state index contributed by atoms with van der Waals surface area (Å²) >= 11 is 0. The van der Waals surface area contributed by atoms with Crippen molar-refractivity contribution in [3.63, 3.8) is 0 Å². The van der Waals surface area contributed by atoms with Crippen molar-refractivity contribution in [2.45, 2.75) is 59.0 Å². The molecule has 1 heterocycles.